The molecule has 0 radical (unpaired) electrons. The van der Waals surface area contributed by atoms with Gasteiger partial charge in [0.2, 0.25) is 0 Å². The van der Waals surface area contributed by atoms with E-state index in [1.54, 1.807) is 16.0 Å². The van der Waals surface area contributed by atoms with Crippen LogP contribution in [0.15, 0.2) is 42.6 Å². The number of hydrogen-bond donors (Lipinski definition) is 0. The second-order valence-corrected chi connectivity index (χ2v) is 9.60. The molecule has 0 saturated carbocycles. The molecule has 1 aliphatic rings. The highest BCUT2D eigenvalue weighted by molar-refractivity contribution is 6.06. The average molecular weight is 450 g/mol. The van der Waals surface area contributed by atoms with Gasteiger partial charge in [-0.25, -0.2) is 14.5 Å². The molecule has 0 unspecified atom stereocenters. The zero-order valence-electron chi connectivity index (χ0n) is 19.9. The first-order chi connectivity index (χ1) is 15.6. The lowest BCUT2D eigenvalue weighted by Gasteiger charge is -2.35. The van der Waals surface area contributed by atoms with Gasteiger partial charge in [0.1, 0.15) is 5.60 Å². The summed E-state index contributed by atoms with van der Waals surface area (Å²) in [5, 5.41) is 5.24. The van der Waals surface area contributed by atoms with Crippen LogP contribution in [0.2, 0.25) is 0 Å². The zero-order valence-corrected chi connectivity index (χ0v) is 19.9. The van der Waals surface area contributed by atoms with Crippen molar-refractivity contribution in [1.29, 1.82) is 0 Å². The summed E-state index contributed by atoms with van der Waals surface area (Å²) in [5.41, 5.74) is 2.41. The van der Waals surface area contributed by atoms with E-state index in [4.69, 9.17) is 9.72 Å². The normalized spacial score (nSPS) is 14.7. The topological polar surface area (TPSA) is 80.6 Å². The van der Waals surface area contributed by atoms with Crippen LogP contribution in [0.5, 0.6) is 0 Å². The molecule has 3 heterocycles. The van der Waals surface area contributed by atoms with Gasteiger partial charge in [-0.1, -0.05) is 30.3 Å². The van der Waals surface area contributed by atoms with E-state index < -0.39 is 5.60 Å². The first-order valence-corrected chi connectivity index (χ1v) is 11.3. The van der Waals surface area contributed by atoms with E-state index >= 15 is 0 Å². The quantitative estimate of drug-likeness (QED) is 0.593. The molecule has 0 N–H and O–H groups in total. The van der Waals surface area contributed by atoms with Crippen LogP contribution in [-0.4, -0.2) is 68.3 Å². The Morgan fingerprint density at radius 2 is 1.64 bits per heavy atom. The highest BCUT2D eigenvalue weighted by Crippen LogP contribution is 2.27. The van der Waals surface area contributed by atoms with Crippen LogP contribution in [0, 0.1) is 0 Å². The maximum absolute atomic E-state index is 13.6. The van der Waals surface area contributed by atoms with E-state index in [0.29, 0.717) is 37.4 Å². The summed E-state index contributed by atoms with van der Waals surface area (Å²) in [5.74, 6) is -0.0771. The lowest BCUT2D eigenvalue weighted by Crippen LogP contribution is -2.51. The summed E-state index contributed by atoms with van der Waals surface area (Å²) in [6.45, 7) is 11.4. The lowest BCUT2D eigenvalue weighted by atomic mass is 10.1. The molecular weight excluding hydrogens is 418 g/mol. The Kier molecular flexibility index (Phi) is 6.10. The number of carbonyl (C=O) groups excluding carboxylic acids is 2. The van der Waals surface area contributed by atoms with Crippen molar-refractivity contribution >= 4 is 23.0 Å². The SMILES string of the molecule is CC(C)n1ncc2c(C(=O)N3CCN(C(=O)OC(C)(C)C)CC3)cc(-c3ccccc3)nc21. The van der Waals surface area contributed by atoms with E-state index in [0.717, 1.165) is 16.6 Å². The van der Waals surface area contributed by atoms with E-state index in [1.165, 1.54) is 0 Å². The molecule has 1 aromatic carbocycles. The fourth-order valence-electron chi connectivity index (χ4n) is 3.92. The van der Waals surface area contributed by atoms with Gasteiger partial charge in [-0.15, -0.1) is 0 Å². The molecular formula is C25H31N5O3. The van der Waals surface area contributed by atoms with Crippen molar-refractivity contribution in [2.24, 2.45) is 0 Å². The first-order valence-electron chi connectivity index (χ1n) is 11.3. The Balaban J connectivity index is 1.63. The molecule has 2 amide bonds. The molecule has 1 fully saturated rings. The minimum absolute atomic E-state index is 0.0771. The Morgan fingerprint density at radius 1 is 1.00 bits per heavy atom. The molecule has 4 rings (SSSR count). The molecule has 0 aliphatic carbocycles. The van der Waals surface area contributed by atoms with Crippen molar-refractivity contribution < 1.29 is 14.3 Å². The molecule has 1 saturated heterocycles. The lowest BCUT2D eigenvalue weighted by molar-refractivity contribution is 0.0141. The summed E-state index contributed by atoms with van der Waals surface area (Å²) in [7, 11) is 0. The molecule has 3 aromatic rings. The number of hydrogen-bond acceptors (Lipinski definition) is 5. The first kappa shape index (κ1) is 22.8. The number of aromatic nitrogens is 3. The van der Waals surface area contributed by atoms with Gasteiger partial charge in [0, 0.05) is 37.8 Å². The average Bonchev–Trinajstić information content (AvgIpc) is 3.22. The monoisotopic (exact) mass is 449 g/mol. The van der Waals surface area contributed by atoms with Crippen molar-refractivity contribution in [3.63, 3.8) is 0 Å². The molecule has 0 bridgehead atoms. The number of amides is 2. The number of fused-ring (bicyclic) bond motifs is 1. The summed E-state index contributed by atoms with van der Waals surface area (Å²) < 4.78 is 7.32. The Hall–Kier alpha value is -3.42. The predicted molar refractivity (Wildman–Crippen MR) is 127 cm³/mol. The van der Waals surface area contributed by atoms with Gasteiger partial charge < -0.3 is 14.5 Å². The molecule has 174 valence electrons. The van der Waals surface area contributed by atoms with Gasteiger partial charge in [0.05, 0.1) is 22.8 Å². The summed E-state index contributed by atoms with van der Waals surface area (Å²) in [6, 6.07) is 11.8. The standard InChI is InChI=1S/C25H31N5O3/c1-17(2)30-22-20(16-26-30)19(15-21(27-22)18-9-7-6-8-10-18)23(31)28-11-13-29(14-12-28)24(32)33-25(3,4)5/h6-10,15-17H,11-14H2,1-5H3. The van der Waals surface area contributed by atoms with Gasteiger partial charge in [-0.05, 0) is 40.7 Å². The number of piperazine rings is 1. The van der Waals surface area contributed by atoms with Crippen molar-refractivity contribution in [3.8, 4) is 11.3 Å². The van der Waals surface area contributed by atoms with Gasteiger partial charge in [0.15, 0.2) is 5.65 Å². The molecule has 8 heteroatoms. The summed E-state index contributed by atoms with van der Waals surface area (Å²) >= 11 is 0. The van der Waals surface area contributed by atoms with E-state index in [-0.39, 0.29) is 18.0 Å². The molecule has 33 heavy (non-hydrogen) atoms. The molecule has 0 spiro atoms. The van der Waals surface area contributed by atoms with Crippen LogP contribution >= 0.6 is 0 Å². The van der Waals surface area contributed by atoms with Crippen LogP contribution in [-0.2, 0) is 4.74 Å². The predicted octanol–water partition coefficient (Wildman–Crippen LogP) is 4.37. The zero-order chi connectivity index (χ0) is 23.8. The molecule has 8 nitrogen and oxygen atoms in total. The number of rotatable bonds is 3. The molecule has 2 aromatic heterocycles. The summed E-state index contributed by atoms with van der Waals surface area (Å²) in [6.07, 6.45) is 1.38. The maximum atomic E-state index is 13.6. The fourth-order valence-corrected chi connectivity index (χ4v) is 3.92. The molecule has 1 aliphatic heterocycles. The Morgan fingerprint density at radius 3 is 2.24 bits per heavy atom. The van der Waals surface area contributed by atoms with Gasteiger partial charge >= 0.3 is 6.09 Å². The van der Waals surface area contributed by atoms with Gasteiger partial charge in [-0.2, -0.15) is 5.10 Å². The highest BCUT2D eigenvalue weighted by Gasteiger charge is 2.29. The number of pyridine rings is 1. The number of nitrogens with zero attached hydrogens (tertiary/aromatic N) is 5. The van der Waals surface area contributed by atoms with Crippen LogP contribution in [0.25, 0.3) is 22.3 Å². The minimum atomic E-state index is -0.545. The highest BCUT2D eigenvalue weighted by atomic mass is 16.6. The second-order valence-electron chi connectivity index (χ2n) is 9.60. The summed E-state index contributed by atoms with van der Waals surface area (Å²) in [4.78, 5) is 34.3. The fraction of sp³-hybridized carbons (Fsp3) is 0.440. The van der Waals surface area contributed by atoms with E-state index in [2.05, 4.69) is 5.10 Å². The third-order valence-electron chi connectivity index (χ3n) is 5.57. The molecule has 0 atom stereocenters. The third-order valence-corrected chi connectivity index (χ3v) is 5.57. The van der Waals surface area contributed by atoms with E-state index in [1.807, 2.05) is 75.7 Å². The van der Waals surface area contributed by atoms with Crippen molar-refractivity contribution in [1.82, 2.24) is 24.6 Å². The van der Waals surface area contributed by atoms with E-state index in [9.17, 15) is 9.59 Å². The van der Waals surface area contributed by atoms with Crippen LogP contribution in [0.4, 0.5) is 4.79 Å². The number of ether oxygens (including phenoxy) is 1. The Bertz CT molecular complexity index is 1160. The third kappa shape index (κ3) is 4.84. The van der Waals surface area contributed by atoms with Crippen molar-refractivity contribution in [3.05, 3.63) is 48.2 Å². The van der Waals surface area contributed by atoms with Crippen molar-refractivity contribution in [2.45, 2.75) is 46.3 Å². The van der Waals surface area contributed by atoms with Crippen LogP contribution in [0.3, 0.4) is 0 Å². The van der Waals surface area contributed by atoms with Crippen molar-refractivity contribution in [2.75, 3.05) is 26.2 Å². The number of benzene rings is 1. The van der Waals surface area contributed by atoms with Crippen LogP contribution < -0.4 is 0 Å². The maximum Gasteiger partial charge on any atom is 0.410 e. The van der Waals surface area contributed by atoms with Gasteiger partial charge in [0.25, 0.3) is 5.91 Å². The second kappa shape index (κ2) is 8.84. The smallest absolute Gasteiger partial charge is 0.410 e. The van der Waals surface area contributed by atoms with Crippen LogP contribution in [0.1, 0.15) is 51.0 Å². The Labute approximate surface area is 194 Å². The van der Waals surface area contributed by atoms with Gasteiger partial charge in [-0.3, -0.25) is 4.79 Å². The largest absolute Gasteiger partial charge is 0.444 e. The number of carbonyl (C=O) groups is 2. The minimum Gasteiger partial charge on any atom is -0.444 e.